The normalized spacial score (nSPS) is 16.1. The number of carbonyl (C=O) groups is 2. The largest absolute Gasteiger partial charge is 0.444 e. The third-order valence-corrected chi connectivity index (χ3v) is 8.37. The van der Waals surface area contributed by atoms with Crippen molar-refractivity contribution in [2.75, 3.05) is 5.32 Å². The lowest BCUT2D eigenvalue weighted by atomic mass is 10.1. The summed E-state index contributed by atoms with van der Waals surface area (Å²) in [6, 6.07) is 7.57. The summed E-state index contributed by atoms with van der Waals surface area (Å²) in [7, 11) is 0. The van der Waals surface area contributed by atoms with Gasteiger partial charge in [-0.25, -0.2) is 9.78 Å². The van der Waals surface area contributed by atoms with E-state index in [1.165, 1.54) is 4.57 Å². The van der Waals surface area contributed by atoms with E-state index in [1.807, 2.05) is 40.7 Å². The van der Waals surface area contributed by atoms with Crippen LogP contribution >= 0.6 is 22.9 Å². The molecule has 4 heterocycles. The van der Waals surface area contributed by atoms with Crippen molar-refractivity contribution in [1.29, 1.82) is 0 Å². The predicted octanol–water partition coefficient (Wildman–Crippen LogP) is 5.24. The molecule has 0 fully saturated rings. The summed E-state index contributed by atoms with van der Waals surface area (Å²) in [5.41, 5.74) is 4.08. The molecule has 9 nitrogen and oxygen atoms in total. The van der Waals surface area contributed by atoms with E-state index in [2.05, 4.69) is 33.8 Å². The summed E-state index contributed by atoms with van der Waals surface area (Å²) in [5, 5.41) is 6.35. The van der Waals surface area contributed by atoms with Gasteiger partial charge in [-0.3, -0.25) is 19.1 Å². The number of aromatic nitrogens is 2. The summed E-state index contributed by atoms with van der Waals surface area (Å²) in [5.74, 6) is -0.0934. The van der Waals surface area contributed by atoms with Crippen molar-refractivity contribution in [2.24, 2.45) is 0 Å². The van der Waals surface area contributed by atoms with Gasteiger partial charge < -0.3 is 15.4 Å². The molecule has 1 unspecified atom stereocenters. The van der Waals surface area contributed by atoms with Gasteiger partial charge in [-0.05, 0) is 64.7 Å². The van der Waals surface area contributed by atoms with Gasteiger partial charge in [0.25, 0.3) is 5.56 Å². The van der Waals surface area contributed by atoms with Gasteiger partial charge in [0, 0.05) is 16.3 Å². The van der Waals surface area contributed by atoms with Crippen molar-refractivity contribution in [2.45, 2.75) is 85.3 Å². The fourth-order valence-electron chi connectivity index (χ4n) is 5.29. The molecule has 2 aliphatic heterocycles. The van der Waals surface area contributed by atoms with Crippen LogP contribution in [0.1, 0.15) is 70.9 Å². The van der Waals surface area contributed by atoms with E-state index in [0.717, 1.165) is 32.0 Å². The van der Waals surface area contributed by atoms with Crippen LogP contribution < -0.4 is 16.2 Å². The third-order valence-electron chi connectivity index (χ3n) is 6.90. The molecule has 0 bridgehead atoms. The van der Waals surface area contributed by atoms with Crippen molar-refractivity contribution in [3.05, 3.63) is 77.5 Å². The Morgan fingerprint density at radius 1 is 1.12 bits per heavy atom. The molecular formula is C29H34ClN5O4S. The Bertz CT molecular complexity index is 1500. The van der Waals surface area contributed by atoms with Gasteiger partial charge in [-0.2, -0.15) is 0 Å². The number of rotatable bonds is 6. The number of fused-ring (bicyclic) bond motifs is 2. The molecule has 0 radical (unpaired) electrons. The summed E-state index contributed by atoms with van der Waals surface area (Å²) in [4.78, 5) is 47.1. The zero-order valence-corrected chi connectivity index (χ0v) is 25.0. The van der Waals surface area contributed by atoms with E-state index < -0.39 is 11.6 Å². The van der Waals surface area contributed by atoms with E-state index in [9.17, 15) is 14.4 Å². The molecule has 11 heteroatoms. The summed E-state index contributed by atoms with van der Waals surface area (Å²) in [6.45, 7) is 11.4. The molecule has 2 amide bonds. The number of hydrogen-bond acceptors (Lipinski definition) is 7. The minimum atomic E-state index is -0.653. The number of benzene rings is 1. The molecule has 0 aliphatic carbocycles. The Labute approximate surface area is 242 Å². The van der Waals surface area contributed by atoms with E-state index >= 15 is 0 Å². The smallest absolute Gasteiger partial charge is 0.410 e. The molecule has 2 aromatic heterocycles. The topological polar surface area (TPSA) is 106 Å². The van der Waals surface area contributed by atoms with Crippen molar-refractivity contribution in [3.63, 3.8) is 0 Å². The Hall–Kier alpha value is -3.37. The monoisotopic (exact) mass is 583 g/mol. The highest BCUT2D eigenvalue weighted by Crippen LogP contribution is 2.33. The Morgan fingerprint density at radius 3 is 2.52 bits per heavy atom. The highest BCUT2D eigenvalue weighted by molar-refractivity contribution is 7.12. The number of nitrogens with one attached hydrogen (secondary N) is 2. The van der Waals surface area contributed by atoms with E-state index in [0.29, 0.717) is 44.7 Å². The number of nitrogens with zero attached hydrogens (tertiary/aromatic N) is 3. The SMILES string of the molecule is Cc1cc(C)cc(CNc2nc(Cl)c3n(c2=O)C(C(=O)NCc2cc4c(s2)CN(C(=O)OC(C)(C)C)C4)CC3)c1. The highest BCUT2D eigenvalue weighted by Gasteiger charge is 2.33. The lowest BCUT2D eigenvalue weighted by Gasteiger charge is -2.24. The predicted molar refractivity (Wildman–Crippen MR) is 156 cm³/mol. The number of carbonyl (C=O) groups excluding carboxylic acids is 2. The van der Waals surface area contributed by atoms with Crippen LogP contribution in [-0.2, 0) is 42.1 Å². The maximum Gasteiger partial charge on any atom is 0.410 e. The maximum absolute atomic E-state index is 13.4. The number of ether oxygens (including phenoxy) is 1. The van der Waals surface area contributed by atoms with E-state index in [1.54, 1.807) is 16.2 Å². The fraction of sp³-hybridized carbons (Fsp3) is 0.448. The molecule has 0 saturated heterocycles. The van der Waals surface area contributed by atoms with Gasteiger partial charge in [0.05, 0.1) is 25.3 Å². The molecule has 5 rings (SSSR count). The Balaban J connectivity index is 1.23. The number of halogens is 1. The molecule has 1 atom stereocenters. The van der Waals surface area contributed by atoms with Crippen LogP contribution in [0, 0.1) is 13.8 Å². The number of anilines is 1. The number of amides is 2. The van der Waals surface area contributed by atoms with Crippen LogP contribution in [0.5, 0.6) is 0 Å². The van der Waals surface area contributed by atoms with Gasteiger partial charge in [0.1, 0.15) is 11.6 Å². The lowest BCUT2D eigenvalue weighted by Crippen LogP contribution is -2.36. The molecule has 0 spiro atoms. The lowest BCUT2D eigenvalue weighted by molar-refractivity contribution is -0.124. The fourth-order valence-corrected chi connectivity index (χ4v) is 6.70. The van der Waals surface area contributed by atoms with Crippen molar-refractivity contribution < 1.29 is 14.3 Å². The second-order valence-corrected chi connectivity index (χ2v) is 13.1. The van der Waals surface area contributed by atoms with Gasteiger partial charge >= 0.3 is 6.09 Å². The molecule has 3 aromatic rings. The van der Waals surface area contributed by atoms with Gasteiger partial charge in [-0.1, -0.05) is 40.9 Å². The Kier molecular flexibility index (Phi) is 7.67. The summed E-state index contributed by atoms with van der Waals surface area (Å²) < 4.78 is 6.97. The van der Waals surface area contributed by atoms with Crippen LogP contribution in [0.25, 0.3) is 0 Å². The molecule has 212 valence electrons. The second kappa shape index (κ2) is 10.9. The van der Waals surface area contributed by atoms with Crippen molar-refractivity contribution in [1.82, 2.24) is 19.8 Å². The minimum Gasteiger partial charge on any atom is -0.444 e. The summed E-state index contributed by atoms with van der Waals surface area (Å²) >= 11 is 8.03. The van der Waals surface area contributed by atoms with Crippen LogP contribution in [0.3, 0.4) is 0 Å². The molecular weight excluding hydrogens is 550 g/mol. The molecule has 0 saturated carbocycles. The zero-order chi connectivity index (χ0) is 28.8. The van der Waals surface area contributed by atoms with Crippen molar-refractivity contribution >= 4 is 40.8 Å². The van der Waals surface area contributed by atoms with Crippen molar-refractivity contribution in [3.8, 4) is 0 Å². The Morgan fingerprint density at radius 2 is 1.85 bits per heavy atom. The number of aryl methyl sites for hydroxylation is 2. The first-order chi connectivity index (χ1) is 18.9. The summed E-state index contributed by atoms with van der Waals surface area (Å²) in [6.07, 6.45) is 0.658. The zero-order valence-electron chi connectivity index (χ0n) is 23.4. The molecule has 1 aromatic carbocycles. The first kappa shape index (κ1) is 28.2. The average molecular weight is 584 g/mol. The molecule has 40 heavy (non-hydrogen) atoms. The number of hydrogen-bond donors (Lipinski definition) is 2. The standard InChI is InChI=1S/C29H34ClN5O4S/c1-16-8-17(2)10-18(9-16)12-31-25-27(37)35-21(24(30)33-25)6-7-22(35)26(36)32-13-20-11-19-14-34(15-23(19)40-20)28(38)39-29(3,4)5/h8-11,22H,6-7,12-15H2,1-5H3,(H,31,33)(H,32,36). The van der Waals surface area contributed by atoms with Crippen LogP contribution in [0.2, 0.25) is 5.15 Å². The van der Waals surface area contributed by atoms with E-state index in [4.69, 9.17) is 16.3 Å². The van der Waals surface area contributed by atoms with Crippen LogP contribution in [0.15, 0.2) is 29.1 Å². The maximum atomic E-state index is 13.4. The first-order valence-corrected chi connectivity index (χ1v) is 14.6. The first-order valence-electron chi connectivity index (χ1n) is 13.4. The highest BCUT2D eigenvalue weighted by atomic mass is 35.5. The number of thiophene rings is 1. The van der Waals surface area contributed by atoms with Crippen LogP contribution in [0.4, 0.5) is 10.6 Å². The quantitative estimate of drug-likeness (QED) is 0.411. The van der Waals surface area contributed by atoms with Gasteiger partial charge in [0.15, 0.2) is 11.0 Å². The minimum absolute atomic E-state index is 0.136. The average Bonchev–Trinajstić information content (AvgIpc) is 3.56. The van der Waals surface area contributed by atoms with Gasteiger partial charge in [0.2, 0.25) is 5.91 Å². The molecule has 2 N–H and O–H groups in total. The van der Waals surface area contributed by atoms with E-state index in [-0.39, 0.29) is 28.5 Å². The third kappa shape index (κ3) is 6.02. The second-order valence-electron chi connectivity index (χ2n) is 11.5. The van der Waals surface area contributed by atoms with Gasteiger partial charge in [-0.15, -0.1) is 11.3 Å². The molecule has 2 aliphatic rings. The van der Waals surface area contributed by atoms with Crippen LogP contribution in [-0.4, -0.2) is 32.1 Å².